The third-order valence-corrected chi connectivity index (χ3v) is 2.87. The molecule has 18 heavy (non-hydrogen) atoms. The van der Waals surface area contributed by atoms with Crippen LogP contribution in [0.4, 0.5) is 0 Å². The molecule has 94 valence electrons. The summed E-state index contributed by atoms with van der Waals surface area (Å²) in [6.45, 7) is 6.30. The highest BCUT2D eigenvalue weighted by Gasteiger charge is 2.22. The zero-order chi connectivity index (χ0) is 13.3. The predicted molar refractivity (Wildman–Crippen MR) is 69.7 cm³/mol. The monoisotopic (exact) mass is 244 g/mol. The van der Waals surface area contributed by atoms with Crippen molar-refractivity contribution in [1.82, 2.24) is 10.2 Å². The molecule has 0 atom stereocenters. The van der Waals surface area contributed by atoms with Crippen LogP contribution in [0.15, 0.2) is 30.5 Å². The van der Waals surface area contributed by atoms with Gasteiger partial charge in [0.2, 0.25) is 0 Å². The fourth-order valence-electron chi connectivity index (χ4n) is 2.01. The Morgan fingerprint density at radius 2 is 1.94 bits per heavy atom. The summed E-state index contributed by atoms with van der Waals surface area (Å²) in [5.41, 5.74) is 2.69. The van der Waals surface area contributed by atoms with E-state index in [4.69, 9.17) is 5.11 Å². The first kappa shape index (κ1) is 12.4. The largest absolute Gasteiger partial charge is 0.478 e. The third kappa shape index (κ3) is 2.14. The van der Waals surface area contributed by atoms with E-state index < -0.39 is 5.97 Å². The number of nitrogens with one attached hydrogen (secondary N) is 1. The van der Waals surface area contributed by atoms with Crippen LogP contribution in [0, 0.1) is 0 Å². The molecule has 0 aliphatic rings. The first-order valence-corrected chi connectivity index (χ1v) is 5.78. The minimum Gasteiger partial charge on any atom is -0.478 e. The number of rotatable bonds is 2. The standard InChI is InChI=1S/C14H16N2O2/c1-14(2,3)11-7-5-4-6-9(11)12-10(13(17)18)8-15-16-12/h4-8H,1-3H3,(H,15,16)(H,17,18). The van der Waals surface area contributed by atoms with Crippen LogP contribution in [-0.2, 0) is 5.41 Å². The molecule has 0 aliphatic heterocycles. The molecule has 2 rings (SSSR count). The second kappa shape index (κ2) is 4.29. The van der Waals surface area contributed by atoms with Gasteiger partial charge in [-0.15, -0.1) is 0 Å². The summed E-state index contributed by atoms with van der Waals surface area (Å²) in [6, 6.07) is 7.79. The molecule has 0 saturated heterocycles. The van der Waals surface area contributed by atoms with Crippen molar-refractivity contribution in [2.45, 2.75) is 26.2 Å². The van der Waals surface area contributed by atoms with Crippen LogP contribution >= 0.6 is 0 Å². The summed E-state index contributed by atoms with van der Waals surface area (Å²) in [7, 11) is 0. The fraction of sp³-hybridized carbons (Fsp3) is 0.286. The number of nitrogens with zero attached hydrogens (tertiary/aromatic N) is 1. The molecule has 0 aliphatic carbocycles. The molecule has 1 heterocycles. The van der Waals surface area contributed by atoms with Crippen LogP contribution in [-0.4, -0.2) is 21.3 Å². The maximum atomic E-state index is 11.2. The number of hydrogen-bond donors (Lipinski definition) is 2. The van der Waals surface area contributed by atoms with Crippen LogP contribution in [0.2, 0.25) is 0 Å². The summed E-state index contributed by atoms with van der Waals surface area (Å²) in [6.07, 6.45) is 1.34. The molecule has 4 nitrogen and oxygen atoms in total. The summed E-state index contributed by atoms with van der Waals surface area (Å²) < 4.78 is 0. The molecular formula is C14H16N2O2. The minimum absolute atomic E-state index is 0.0581. The average Bonchev–Trinajstić information content (AvgIpc) is 2.76. The lowest BCUT2D eigenvalue weighted by Crippen LogP contribution is -2.13. The van der Waals surface area contributed by atoms with Crippen molar-refractivity contribution >= 4 is 5.97 Å². The van der Waals surface area contributed by atoms with Crippen LogP contribution in [0.3, 0.4) is 0 Å². The summed E-state index contributed by atoms with van der Waals surface area (Å²) in [5.74, 6) is -0.970. The molecule has 2 N–H and O–H groups in total. The van der Waals surface area contributed by atoms with Gasteiger partial charge in [0.05, 0.1) is 11.9 Å². The highest BCUT2D eigenvalue weighted by atomic mass is 16.4. The molecule has 2 aromatic rings. The summed E-state index contributed by atoms with van der Waals surface area (Å²) in [5, 5.41) is 15.8. The van der Waals surface area contributed by atoms with E-state index in [2.05, 4.69) is 31.0 Å². The molecule has 0 spiro atoms. The Kier molecular flexibility index (Phi) is 2.95. The van der Waals surface area contributed by atoms with Crippen molar-refractivity contribution in [3.8, 4) is 11.3 Å². The van der Waals surface area contributed by atoms with E-state index in [1.807, 2.05) is 24.3 Å². The number of carbonyl (C=O) groups is 1. The van der Waals surface area contributed by atoms with Gasteiger partial charge in [0, 0.05) is 5.56 Å². The molecule has 1 aromatic carbocycles. The quantitative estimate of drug-likeness (QED) is 0.853. The lowest BCUT2D eigenvalue weighted by molar-refractivity contribution is 0.0698. The smallest absolute Gasteiger partial charge is 0.339 e. The highest BCUT2D eigenvalue weighted by Crippen LogP contribution is 2.33. The van der Waals surface area contributed by atoms with Gasteiger partial charge < -0.3 is 5.11 Å². The Morgan fingerprint density at radius 1 is 1.28 bits per heavy atom. The summed E-state index contributed by atoms with van der Waals surface area (Å²) in [4.78, 5) is 11.2. The first-order valence-electron chi connectivity index (χ1n) is 5.78. The van der Waals surface area contributed by atoms with Crippen LogP contribution in [0.1, 0.15) is 36.7 Å². The SMILES string of the molecule is CC(C)(C)c1ccccc1-c1[nH]ncc1C(=O)O. The molecule has 4 heteroatoms. The van der Waals surface area contributed by atoms with Gasteiger partial charge in [-0.05, 0) is 11.0 Å². The Hall–Kier alpha value is -2.10. The number of carboxylic acids is 1. The second-order valence-corrected chi connectivity index (χ2v) is 5.26. The molecule has 1 aromatic heterocycles. The minimum atomic E-state index is -0.970. The first-order chi connectivity index (χ1) is 8.41. The van der Waals surface area contributed by atoms with Crippen molar-refractivity contribution in [2.24, 2.45) is 0 Å². The zero-order valence-corrected chi connectivity index (χ0v) is 10.7. The van der Waals surface area contributed by atoms with Gasteiger partial charge in [-0.3, -0.25) is 5.10 Å². The van der Waals surface area contributed by atoms with Gasteiger partial charge in [-0.2, -0.15) is 5.10 Å². The number of H-pyrrole nitrogens is 1. The number of benzene rings is 1. The number of carboxylic acid groups (broad SMARTS) is 1. The molecule has 0 radical (unpaired) electrons. The molecule has 0 saturated carbocycles. The Morgan fingerprint density at radius 3 is 2.56 bits per heavy atom. The average molecular weight is 244 g/mol. The zero-order valence-electron chi connectivity index (χ0n) is 10.7. The van der Waals surface area contributed by atoms with Gasteiger partial charge in [-0.25, -0.2) is 4.79 Å². The van der Waals surface area contributed by atoms with Gasteiger partial charge in [0.15, 0.2) is 0 Å². The van der Waals surface area contributed by atoms with E-state index in [0.29, 0.717) is 5.69 Å². The van der Waals surface area contributed by atoms with E-state index in [1.54, 1.807) is 0 Å². The van der Waals surface area contributed by atoms with E-state index in [9.17, 15) is 4.79 Å². The van der Waals surface area contributed by atoms with Gasteiger partial charge >= 0.3 is 5.97 Å². The molecular weight excluding hydrogens is 228 g/mol. The number of aromatic amines is 1. The Labute approximate surface area is 106 Å². The van der Waals surface area contributed by atoms with E-state index in [-0.39, 0.29) is 11.0 Å². The maximum Gasteiger partial charge on any atom is 0.339 e. The molecule has 0 amide bonds. The topological polar surface area (TPSA) is 66.0 Å². The van der Waals surface area contributed by atoms with E-state index in [1.165, 1.54) is 6.20 Å². The van der Waals surface area contributed by atoms with Crippen molar-refractivity contribution in [1.29, 1.82) is 0 Å². The number of hydrogen-bond acceptors (Lipinski definition) is 2. The van der Waals surface area contributed by atoms with Crippen molar-refractivity contribution in [2.75, 3.05) is 0 Å². The maximum absolute atomic E-state index is 11.2. The third-order valence-electron chi connectivity index (χ3n) is 2.87. The van der Waals surface area contributed by atoms with Crippen LogP contribution < -0.4 is 0 Å². The predicted octanol–water partition coefficient (Wildman–Crippen LogP) is 3.07. The van der Waals surface area contributed by atoms with Crippen molar-refractivity contribution in [3.63, 3.8) is 0 Å². The van der Waals surface area contributed by atoms with Gasteiger partial charge in [0.25, 0.3) is 0 Å². The van der Waals surface area contributed by atoms with Crippen molar-refractivity contribution < 1.29 is 9.90 Å². The highest BCUT2D eigenvalue weighted by molar-refractivity contribution is 5.95. The van der Waals surface area contributed by atoms with Gasteiger partial charge in [-0.1, -0.05) is 45.0 Å². The fourth-order valence-corrected chi connectivity index (χ4v) is 2.01. The van der Waals surface area contributed by atoms with Crippen LogP contribution in [0.25, 0.3) is 11.3 Å². The molecule has 0 bridgehead atoms. The number of aromatic carboxylic acids is 1. The Bertz CT molecular complexity index is 579. The normalized spacial score (nSPS) is 11.5. The van der Waals surface area contributed by atoms with Crippen LogP contribution in [0.5, 0.6) is 0 Å². The van der Waals surface area contributed by atoms with Crippen molar-refractivity contribution in [3.05, 3.63) is 41.6 Å². The second-order valence-electron chi connectivity index (χ2n) is 5.26. The number of aromatic nitrogens is 2. The van der Waals surface area contributed by atoms with E-state index >= 15 is 0 Å². The molecule has 0 fully saturated rings. The van der Waals surface area contributed by atoms with Gasteiger partial charge in [0.1, 0.15) is 5.56 Å². The summed E-state index contributed by atoms with van der Waals surface area (Å²) >= 11 is 0. The van der Waals surface area contributed by atoms with E-state index in [0.717, 1.165) is 11.1 Å². The lowest BCUT2D eigenvalue weighted by atomic mass is 9.82. The lowest BCUT2D eigenvalue weighted by Gasteiger charge is -2.22. The molecule has 0 unspecified atom stereocenters. The Balaban J connectivity index is 2.65.